The Hall–Kier alpha value is -3.40. The highest BCUT2D eigenvalue weighted by atomic mass is 32.2. The topological polar surface area (TPSA) is 127 Å². The molecular weight excluding hydrogens is 406 g/mol. The van der Waals surface area contributed by atoms with Crippen molar-refractivity contribution in [3.63, 3.8) is 0 Å². The molecule has 0 aliphatic heterocycles. The quantitative estimate of drug-likeness (QED) is 0.351. The third kappa shape index (κ3) is 3.86. The van der Waals surface area contributed by atoms with E-state index in [1.54, 1.807) is 0 Å². The maximum atomic E-state index is 11.5. The lowest BCUT2D eigenvalue weighted by Crippen LogP contribution is -2.10. The number of hydrogen-bond donors (Lipinski definition) is 2. The van der Waals surface area contributed by atoms with Gasteiger partial charge in [0.05, 0.1) is 10.7 Å². The van der Waals surface area contributed by atoms with Crippen LogP contribution in [0.2, 0.25) is 0 Å². The zero-order valence-electron chi connectivity index (χ0n) is 16.3. The molecule has 1 aliphatic carbocycles. The minimum atomic E-state index is -0.967. The van der Waals surface area contributed by atoms with Gasteiger partial charge in [0.15, 0.2) is 5.82 Å². The maximum absolute atomic E-state index is 11.5. The molecule has 1 unspecified atom stereocenters. The van der Waals surface area contributed by atoms with Crippen LogP contribution in [-0.2, 0) is 11.8 Å². The minimum Gasteiger partial charge on any atom is -0.481 e. The molecule has 1 atom stereocenters. The van der Waals surface area contributed by atoms with E-state index in [1.165, 1.54) is 6.08 Å². The summed E-state index contributed by atoms with van der Waals surface area (Å²) in [5.41, 5.74) is 3.89. The number of carboxylic acids is 1. The number of aromatic nitrogens is 4. The van der Waals surface area contributed by atoms with Gasteiger partial charge in [-0.2, -0.15) is 0 Å². The lowest BCUT2D eigenvalue weighted by molar-refractivity contribution is -0.428. The number of H-pyrrole nitrogens is 1. The van der Waals surface area contributed by atoms with Gasteiger partial charge in [-0.3, -0.25) is 20.0 Å². The fraction of sp³-hybridized carbons (Fsp3) is 0.250. The monoisotopic (exact) mass is 425 g/mol. The van der Waals surface area contributed by atoms with Crippen LogP contribution in [0.1, 0.15) is 29.4 Å². The summed E-state index contributed by atoms with van der Waals surface area (Å²) in [5.74, 6) is -0.935. The first-order valence-corrected chi connectivity index (χ1v) is 10.2. The molecule has 0 saturated carbocycles. The molecule has 9 nitrogen and oxygen atoms in total. The second kappa shape index (κ2) is 7.79. The van der Waals surface area contributed by atoms with E-state index in [1.807, 2.05) is 32.2 Å². The van der Waals surface area contributed by atoms with E-state index >= 15 is 0 Å². The number of rotatable bonds is 6. The Morgan fingerprint density at radius 1 is 1.43 bits per heavy atom. The Morgan fingerprint density at radius 2 is 2.23 bits per heavy atom. The summed E-state index contributed by atoms with van der Waals surface area (Å²) in [6.07, 6.45) is 3.71. The molecule has 10 heteroatoms. The Kier molecular flexibility index (Phi) is 5.17. The van der Waals surface area contributed by atoms with Crippen molar-refractivity contribution in [2.24, 2.45) is 7.05 Å². The fourth-order valence-corrected chi connectivity index (χ4v) is 4.10. The molecule has 0 spiro atoms. The first-order chi connectivity index (χ1) is 14.3. The van der Waals surface area contributed by atoms with Crippen molar-refractivity contribution in [3.8, 4) is 0 Å². The van der Waals surface area contributed by atoms with Crippen LogP contribution in [0.4, 0.5) is 0 Å². The van der Waals surface area contributed by atoms with Gasteiger partial charge in [0, 0.05) is 47.6 Å². The smallest absolute Gasteiger partial charge is 0.313 e. The summed E-state index contributed by atoms with van der Waals surface area (Å²) in [5, 5.41) is 28.5. The number of aryl methyl sites for hydroxylation is 2. The highest BCUT2D eigenvalue weighted by Crippen LogP contribution is 2.36. The predicted molar refractivity (Wildman–Crippen MR) is 113 cm³/mol. The zero-order chi connectivity index (χ0) is 21.4. The summed E-state index contributed by atoms with van der Waals surface area (Å²) >= 11 is 0.986. The van der Waals surface area contributed by atoms with Gasteiger partial charge < -0.3 is 9.67 Å². The van der Waals surface area contributed by atoms with Gasteiger partial charge in [-0.15, -0.1) is 5.10 Å². The van der Waals surface area contributed by atoms with E-state index in [0.29, 0.717) is 11.4 Å². The number of hydrogen-bond acceptors (Lipinski definition) is 6. The molecule has 4 rings (SSSR count). The van der Waals surface area contributed by atoms with E-state index in [4.69, 9.17) is 5.11 Å². The molecule has 0 amide bonds. The molecule has 0 radical (unpaired) electrons. The molecule has 0 bridgehead atoms. The molecule has 3 aromatic rings. The number of carbonyl (C=O) groups is 1. The number of nitro groups is 1. The van der Waals surface area contributed by atoms with E-state index in [2.05, 4.69) is 31.9 Å². The number of carboxylic acid groups (broad SMARTS) is 1. The summed E-state index contributed by atoms with van der Waals surface area (Å²) in [6.45, 7) is 2.04. The third-order valence-corrected chi connectivity index (χ3v) is 6.00. The normalized spacial score (nSPS) is 16.4. The number of nitrogens with one attached hydrogen (secondary N) is 1. The van der Waals surface area contributed by atoms with Gasteiger partial charge in [0.1, 0.15) is 0 Å². The summed E-state index contributed by atoms with van der Waals surface area (Å²) in [7, 11) is 2.01. The molecular formula is C20H19N5O4S. The van der Waals surface area contributed by atoms with Crippen molar-refractivity contribution in [1.82, 2.24) is 19.7 Å². The van der Waals surface area contributed by atoms with Crippen LogP contribution < -0.4 is 0 Å². The van der Waals surface area contributed by atoms with E-state index in [-0.39, 0.29) is 33.9 Å². The number of aromatic amines is 1. The standard InChI is InChI=1S/C20H19N5O4S/c1-11-5-14-6-12(3-4-17(14)24(11)2)13-7-15(9-16(8-13)25(28)29)19-21-20(23-22-19)30-10-18(26)27/h3-7,9,13H,8,10H2,1-2H3,(H,26,27)(H,21,22,23). The van der Waals surface area contributed by atoms with Gasteiger partial charge in [-0.1, -0.05) is 23.9 Å². The Bertz CT molecular complexity index is 1220. The number of nitrogens with zero attached hydrogens (tertiary/aromatic N) is 4. The molecule has 1 aliphatic rings. The van der Waals surface area contributed by atoms with Crippen LogP contribution in [0, 0.1) is 17.0 Å². The maximum Gasteiger partial charge on any atom is 0.313 e. The SMILES string of the molecule is Cc1cc2cc(C3C=C(c4nc(SCC(=O)O)n[nH]4)C=C([N+](=O)[O-])C3)ccc2n1C. The Labute approximate surface area is 175 Å². The van der Waals surface area contributed by atoms with Gasteiger partial charge in [0.25, 0.3) is 0 Å². The van der Waals surface area contributed by atoms with E-state index in [0.717, 1.165) is 33.9 Å². The second-order valence-corrected chi connectivity index (χ2v) is 8.08. The van der Waals surface area contributed by atoms with Gasteiger partial charge in [-0.25, -0.2) is 4.98 Å². The first-order valence-electron chi connectivity index (χ1n) is 9.22. The Morgan fingerprint density at radius 3 is 2.97 bits per heavy atom. The van der Waals surface area contributed by atoms with Crippen LogP contribution in [0.3, 0.4) is 0 Å². The molecule has 2 heterocycles. The second-order valence-electron chi connectivity index (χ2n) is 7.14. The highest BCUT2D eigenvalue weighted by molar-refractivity contribution is 7.99. The zero-order valence-corrected chi connectivity index (χ0v) is 17.1. The average molecular weight is 425 g/mol. The van der Waals surface area contributed by atoms with Crippen molar-refractivity contribution < 1.29 is 14.8 Å². The summed E-state index contributed by atoms with van der Waals surface area (Å²) in [6, 6.07) is 8.19. The first kappa shape index (κ1) is 19.9. The van der Waals surface area contributed by atoms with Crippen LogP contribution >= 0.6 is 11.8 Å². The molecule has 0 saturated heterocycles. The van der Waals surface area contributed by atoms with Crippen molar-refractivity contribution >= 4 is 34.2 Å². The number of thioether (sulfide) groups is 1. The van der Waals surface area contributed by atoms with E-state index in [9.17, 15) is 14.9 Å². The molecule has 1 aromatic carbocycles. The van der Waals surface area contributed by atoms with Crippen molar-refractivity contribution in [1.29, 1.82) is 0 Å². The highest BCUT2D eigenvalue weighted by Gasteiger charge is 2.26. The average Bonchev–Trinajstić information content (AvgIpc) is 3.30. The van der Waals surface area contributed by atoms with E-state index < -0.39 is 5.97 Å². The van der Waals surface area contributed by atoms with Gasteiger partial charge in [0.2, 0.25) is 10.9 Å². The minimum absolute atomic E-state index is 0.0954. The van der Waals surface area contributed by atoms with Gasteiger partial charge in [-0.05, 0) is 30.7 Å². The molecule has 0 fully saturated rings. The molecule has 2 aromatic heterocycles. The summed E-state index contributed by atoms with van der Waals surface area (Å²) in [4.78, 5) is 26.2. The van der Waals surface area contributed by atoms with Crippen LogP contribution in [-0.4, -0.2) is 41.5 Å². The molecule has 154 valence electrons. The fourth-order valence-electron chi connectivity index (χ4n) is 3.58. The molecule has 2 N–H and O–H groups in total. The largest absolute Gasteiger partial charge is 0.481 e. The summed E-state index contributed by atoms with van der Waals surface area (Å²) < 4.78 is 2.11. The number of benzene rings is 1. The number of aliphatic carboxylic acids is 1. The van der Waals surface area contributed by atoms with Crippen LogP contribution in [0.15, 0.2) is 47.3 Å². The Balaban J connectivity index is 1.69. The van der Waals surface area contributed by atoms with Crippen LogP contribution in [0.25, 0.3) is 16.5 Å². The van der Waals surface area contributed by atoms with Crippen molar-refractivity contribution in [3.05, 3.63) is 69.3 Å². The lowest BCUT2D eigenvalue weighted by Gasteiger charge is -2.17. The van der Waals surface area contributed by atoms with Crippen molar-refractivity contribution in [2.75, 3.05) is 5.75 Å². The lowest BCUT2D eigenvalue weighted by atomic mass is 9.87. The number of allylic oxidation sites excluding steroid dienone is 4. The van der Waals surface area contributed by atoms with Crippen molar-refractivity contribution in [2.45, 2.75) is 24.4 Å². The predicted octanol–water partition coefficient (Wildman–Crippen LogP) is 3.51. The molecule has 30 heavy (non-hydrogen) atoms. The third-order valence-electron chi connectivity index (χ3n) is 5.16. The van der Waals surface area contributed by atoms with Crippen LogP contribution in [0.5, 0.6) is 0 Å². The van der Waals surface area contributed by atoms with Gasteiger partial charge >= 0.3 is 5.97 Å². The number of fused-ring (bicyclic) bond motifs is 1.